The van der Waals surface area contributed by atoms with Crippen molar-refractivity contribution in [2.75, 3.05) is 6.61 Å². The Bertz CT molecular complexity index is 628. The SMILES string of the molecule is O=C(O)c1ccc2c(OCC(F)(F)F)ncnc2c1. The fraction of sp³-hybridized carbons (Fsp3) is 0.182. The molecule has 0 radical (unpaired) electrons. The van der Waals surface area contributed by atoms with Crippen LogP contribution in [0.2, 0.25) is 0 Å². The van der Waals surface area contributed by atoms with Gasteiger partial charge >= 0.3 is 12.1 Å². The molecular formula is C11H7F3N2O3. The number of fused-ring (bicyclic) bond motifs is 1. The van der Waals surface area contributed by atoms with Crippen molar-refractivity contribution in [3.63, 3.8) is 0 Å². The topological polar surface area (TPSA) is 72.3 Å². The van der Waals surface area contributed by atoms with Crippen LogP contribution in [0.3, 0.4) is 0 Å². The van der Waals surface area contributed by atoms with Crippen LogP contribution in [0.15, 0.2) is 24.5 Å². The highest BCUT2D eigenvalue weighted by Crippen LogP contribution is 2.24. The molecule has 0 atom stereocenters. The van der Waals surface area contributed by atoms with Crippen LogP contribution in [0.5, 0.6) is 5.88 Å². The van der Waals surface area contributed by atoms with Crippen molar-refractivity contribution in [1.82, 2.24) is 9.97 Å². The Balaban J connectivity index is 2.38. The molecule has 100 valence electrons. The molecule has 1 N–H and O–H groups in total. The Morgan fingerprint density at radius 3 is 2.68 bits per heavy atom. The first-order valence-electron chi connectivity index (χ1n) is 5.04. The maximum absolute atomic E-state index is 12.1. The van der Waals surface area contributed by atoms with Crippen molar-refractivity contribution < 1.29 is 27.8 Å². The van der Waals surface area contributed by atoms with Crippen molar-refractivity contribution in [3.05, 3.63) is 30.1 Å². The zero-order valence-electron chi connectivity index (χ0n) is 9.31. The quantitative estimate of drug-likeness (QED) is 0.927. The van der Waals surface area contributed by atoms with Gasteiger partial charge in [-0.25, -0.2) is 14.8 Å². The summed E-state index contributed by atoms with van der Waals surface area (Å²) in [5.74, 6) is -1.39. The van der Waals surface area contributed by atoms with Gasteiger partial charge in [-0.15, -0.1) is 0 Å². The van der Waals surface area contributed by atoms with Crippen LogP contribution in [-0.4, -0.2) is 33.8 Å². The van der Waals surface area contributed by atoms with Gasteiger partial charge in [-0.3, -0.25) is 0 Å². The van der Waals surface area contributed by atoms with E-state index in [2.05, 4.69) is 14.7 Å². The monoisotopic (exact) mass is 272 g/mol. The van der Waals surface area contributed by atoms with Crippen molar-refractivity contribution in [2.45, 2.75) is 6.18 Å². The normalized spacial score (nSPS) is 11.5. The molecule has 8 heteroatoms. The first kappa shape index (κ1) is 13.1. The molecule has 0 aliphatic carbocycles. The maximum Gasteiger partial charge on any atom is 0.422 e. The molecule has 0 fully saturated rings. The molecule has 0 spiro atoms. The van der Waals surface area contributed by atoms with E-state index in [9.17, 15) is 18.0 Å². The largest absolute Gasteiger partial charge is 0.478 e. The first-order chi connectivity index (χ1) is 8.87. The molecule has 1 aromatic heterocycles. The number of ether oxygens (including phenoxy) is 1. The van der Waals surface area contributed by atoms with Crippen LogP contribution in [0.1, 0.15) is 10.4 Å². The third kappa shape index (κ3) is 3.09. The van der Waals surface area contributed by atoms with Crippen LogP contribution >= 0.6 is 0 Å². The van der Waals surface area contributed by atoms with E-state index in [0.29, 0.717) is 0 Å². The fourth-order valence-corrected chi connectivity index (χ4v) is 1.43. The van der Waals surface area contributed by atoms with Gasteiger partial charge in [-0.05, 0) is 18.2 Å². The van der Waals surface area contributed by atoms with Gasteiger partial charge in [0.15, 0.2) is 6.61 Å². The molecule has 5 nitrogen and oxygen atoms in total. The molecule has 2 aromatic rings. The number of hydrogen-bond acceptors (Lipinski definition) is 4. The number of aromatic nitrogens is 2. The summed E-state index contributed by atoms with van der Waals surface area (Å²) < 4.78 is 40.8. The number of rotatable bonds is 3. The Kier molecular flexibility index (Phi) is 3.24. The molecule has 0 bridgehead atoms. The Morgan fingerprint density at radius 2 is 2.05 bits per heavy atom. The molecule has 0 saturated heterocycles. The lowest BCUT2D eigenvalue weighted by Crippen LogP contribution is -2.19. The third-order valence-electron chi connectivity index (χ3n) is 2.22. The lowest BCUT2D eigenvalue weighted by Gasteiger charge is -2.10. The van der Waals surface area contributed by atoms with Gasteiger partial charge in [0.2, 0.25) is 5.88 Å². The molecular weight excluding hydrogens is 265 g/mol. The second-order valence-electron chi connectivity index (χ2n) is 3.62. The first-order valence-corrected chi connectivity index (χ1v) is 5.04. The Labute approximate surface area is 104 Å². The maximum atomic E-state index is 12.1. The van der Waals surface area contributed by atoms with E-state index < -0.39 is 18.8 Å². The molecule has 1 heterocycles. The smallest absolute Gasteiger partial charge is 0.422 e. The second kappa shape index (κ2) is 4.71. The van der Waals surface area contributed by atoms with E-state index in [0.717, 1.165) is 6.33 Å². The number of hydrogen-bond donors (Lipinski definition) is 1. The number of carboxylic acid groups (broad SMARTS) is 1. The summed E-state index contributed by atoms with van der Waals surface area (Å²) in [7, 11) is 0. The van der Waals surface area contributed by atoms with Gasteiger partial charge < -0.3 is 9.84 Å². The summed E-state index contributed by atoms with van der Waals surface area (Å²) in [4.78, 5) is 18.2. The summed E-state index contributed by atoms with van der Waals surface area (Å²) in [6.45, 7) is -1.47. The van der Waals surface area contributed by atoms with Crippen molar-refractivity contribution in [3.8, 4) is 5.88 Å². The lowest BCUT2D eigenvalue weighted by atomic mass is 10.1. The van der Waals surface area contributed by atoms with Crippen LogP contribution in [0, 0.1) is 0 Å². The van der Waals surface area contributed by atoms with Gasteiger partial charge in [0.25, 0.3) is 0 Å². The molecule has 0 saturated carbocycles. The van der Waals surface area contributed by atoms with Crippen LogP contribution in [0.4, 0.5) is 13.2 Å². The van der Waals surface area contributed by atoms with Crippen LogP contribution in [0.25, 0.3) is 10.9 Å². The van der Waals surface area contributed by atoms with Gasteiger partial charge in [0, 0.05) is 0 Å². The van der Waals surface area contributed by atoms with E-state index in [1.807, 2.05) is 0 Å². The number of carbonyl (C=O) groups is 1. The lowest BCUT2D eigenvalue weighted by molar-refractivity contribution is -0.153. The second-order valence-corrected chi connectivity index (χ2v) is 3.62. The number of nitrogens with zero attached hydrogens (tertiary/aromatic N) is 2. The summed E-state index contributed by atoms with van der Waals surface area (Å²) in [5.41, 5.74) is 0.181. The van der Waals surface area contributed by atoms with Gasteiger partial charge in [0.1, 0.15) is 6.33 Å². The minimum atomic E-state index is -4.47. The van der Waals surface area contributed by atoms with E-state index in [1.54, 1.807) is 0 Å². The number of aromatic carboxylic acids is 1. The average molecular weight is 272 g/mol. The predicted molar refractivity (Wildman–Crippen MR) is 58.0 cm³/mol. The highest BCUT2D eigenvalue weighted by atomic mass is 19.4. The number of benzene rings is 1. The van der Waals surface area contributed by atoms with E-state index in [-0.39, 0.29) is 22.3 Å². The molecule has 1 aromatic carbocycles. The predicted octanol–water partition coefficient (Wildman–Crippen LogP) is 2.27. The Morgan fingerprint density at radius 1 is 1.32 bits per heavy atom. The third-order valence-corrected chi connectivity index (χ3v) is 2.22. The van der Waals surface area contributed by atoms with E-state index in [1.165, 1.54) is 18.2 Å². The zero-order chi connectivity index (χ0) is 14.0. The summed E-state index contributed by atoms with van der Waals surface area (Å²) in [5, 5.41) is 9.02. The standard InChI is InChI=1S/C11H7F3N2O3/c12-11(13,14)4-19-9-7-2-1-6(10(17)18)3-8(7)15-5-16-9/h1-3,5H,4H2,(H,17,18). The van der Waals surface area contributed by atoms with Gasteiger partial charge in [-0.1, -0.05) is 0 Å². The highest BCUT2D eigenvalue weighted by molar-refractivity contribution is 5.94. The summed E-state index contributed by atoms with van der Waals surface area (Å²) in [6.07, 6.45) is -3.46. The molecule has 0 amide bonds. The van der Waals surface area contributed by atoms with Crippen molar-refractivity contribution >= 4 is 16.9 Å². The highest BCUT2D eigenvalue weighted by Gasteiger charge is 2.29. The van der Waals surface area contributed by atoms with Gasteiger partial charge in [0.05, 0.1) is 16.5 Å². The summed E-state index contributed by atoms with van der Waals surface area (Å²) in [6, 6.07) is 3.79. The molecule has 0 aliphatic heterocycles. The van der Waals surface area contributed by atoms with Gasteiger partial charge in [-0.2, -0.15) is 13.2 Å². The number of halogens is 3. The molecule has 0 aliphatic rings. The number of carboxylic acids is 1. The fourth-order valence-electron chi connectivity index (χ4n) is 1.43. The van der Waals surface area contributed by atoms with E-state index >= 15 is 0 Å². The van der Waals surface area contributed by atoms with Crippen LogP contribution < -0.4 is 4.74 Å². The molecule has 2 rings (SSSR count). The number of alkyl halides is 3. The molecule has 19 heavy (non-hydrogen) atoms. The van der Waals surface area contributed by atoms with E-state index in [4.69, 9.17) is 5.11 Å². The average Bonchev–Trinajstić information content (AvgIpc) is 2.34. The minimum Gasteiger partial charge on any atom is -0.478 e. The van der Waals surface area contributed by atoms with Crippen molar-refractivity contribution in [1.29, 1.82) is 0 Å². The van der Waals surface area contributed by atoms with Crippen LogP contribution in [-0.2, 0) is 0 Å². The van der Waals surface area contributed by atoms with Crippen molar-refractivity contribution in [2.24, 2.45) is 0 Å². The molecule has 0 unspecified atom stereocenters. The Hall–Kier alpha value is -2.38. The zero-order valence-corrected chi connectivity index (χ0v) is 9.31. The summed E-state index contributed by atoms with van der Waals surface area (Å²) >= 11 is 0. The minimum absolute atomic E-state index is 0.0204.